The first kappa shape index (κ1) is 6.05. The Morgan fingerprint density at radius 3 is 3.36 bits per heavy atom. The molecule has 1 N–H and O–H groups in total. The SMILES string of the molecule is N#CC1=CNN2CC=CC=C12. The van der Waals surface area contributed by atoms with Gasteiger partial charge in [0.05, 0.1) is 17.8 Å². The van der Waals surface area contributed by atoms with E-state index in [-0.39, 0.29) is 0 Å². The average Bonchev–Trinajstić information content (AvgIpc) is 2.47. The maximum Gasteiger partial charge on any atom is 0.103 e. The Hall–Kier alpha value is -1.69. The van der Waals surface area contributed by atoms with Crippen LogP contribution in [0.4, 0.5) is 0 Å². The van der Waals surface area contributed by atoms with Gasteiger partial charge in [-0.15, -0.1) is 0 Å². The molecule has 2 aliphatic rings. The summed E-state index contributed by atoms with van der Waals surface area (Å²) in [5, 5.41) is 10.6. The van der Waals surface area contributed by atoms with E-state index in [1.54, 1.807) is 6.20 Å². The van der Waals surface area contributed by atoms with E-state index >= 15 is 0 Å². The highest BCUT2D eigenvalue weighted by molar-refractivity contribution is 5.46. The largest absolute Gasteiger partial charge is 0.304 e. The van der Waals surface area contributed by atoms with E-state index in [2.05, 4.69) is 11.5 Å². The number of hydrogen-bond acceptors (Lipinski definition) is 3. The first-order chi connectivity index (χ1) is 5.42. The van der Waals surface area contributed by atoms with Crippen LogP contribution in [-0.4, -0.2) is 11.6 Å². The van der Waals surface area contributed by atoms with Gasteiger partial charge in [0.2, 0.25) is 0 Å². The van der Waals surface area contributed by atoms with Crippen LogP contribution in [0.3, 0.4) is 0 Å². The zero-order valence-corrected chi connectivity index (χ0v) is 5.91. The standard InChI is InChI=1S/C8H7N3/c9-5-7-6-10-11-4-2-1-3-8(7)11/h1-3,6,10H,4H2. The molecule has 0 unspecified atom stereocenters. The Morgan fingerprint density at radius 1 is 1.64 bits per heavy atom. The number of allylic oxidation sites excluding steroid dienone is 3. The zero-order chi connectivity index (χ0) is 7.68. The summed E-state index contributed by atoms with van der Waals surface area (Å²) in [5.41, 5.74) is 4.66. The number of nitrogens with zero attached hydrogens (tertiary/aromatic N) is 2. The Morgan fingerprint density at radius 2 is 2.55 bits per heavy atom. The highest BCUT2D eigenvalue weighted by Gasteiger charge is 2.19. The van der Waals surface area contributed by atoms with Crippen LogP contribution in [-0.2, 0) is 0 Å². The van der Waals surface area contributed by atoms with E-state index in [0.717, 1.165) is 12.2 Å². The lowest BCUT2D eigenvalue weighted by Crippen LogP contribution is -2.30. The maximum absolute atomic E-state index is 8.66. The van der Waals surface area contributed by atoms with Gasteiger partial charge in [0.1, 0.15) is 6.07 Å². The van der Waals surface area contributed by atoms with Crippen LogP contribution in [0.5, 0.6) is 0 Å². The van der Waals surface area contributed by atoms with Crippen LogP contribution >= 0.6 is 0 Å². The van der Waals surface area contributed by atoms with Gasteiger partial charge < -0.3 is 5.43 Å². The Balaban J connectivity index is 2.36. The molecule has 2 heterocycles. The fraction of sp³-hybridized carbons (Fsp3) is 0.125. The Labute approximate surface area is 64.9 Å². The van der Waals surface area contributed by atoms with Gasteiger partial charge in [-0.1, -0.05) is 12.2 Å². The molecule has 0 amide bonds. The van der Waals surface area contributed by atoms with Gasteiger partial charge in [-0.05, 0) is 6.08 Å². The number of fused-ring (bicyclic) bond motifs is 1. The molecule has 0 atom stereocenters. The average molecular weight is 145 g/mol. The number of nitriles is 1. The van der Waals surface area contributed by atoms with Gasteiger partial charge in [-0.2, -0.15) is 5.26 Å². The lowest BCUT2D eigenvalue weighted by molar-refractivity contribution is 0.343. The summed E-state index contributed by atoms with van der Waals surface area (Å²) in [5.74, 6) is 0. The second-order valence-electron chi connectivity index (χ2n) is 2.39. The number of nitrogens with one attached hydrogen (secondary N) is 1. The van der Waals surface area contributed by atoms with E-state index in [1.807, 2.05) is 23.2 Å². The van der Waals surface area contributed by atoms with E-state index in [0.29, 0.717) is 5.57 Å². The molecule has 0 fully saturated rings. The van der Waals surface area contributed by atoms with Gasteiger partial charge in [-0.25, -0.2) is 0 Å². The first-order valence-corrected chi connectivity index (χ1v) is 3.43. The van der Waals surface area contributed by atoms with Gasteiger partial charge in [0.15, 0.2) is 0 Å². The molecule has 2 aliphatic heterocycles. The van der Waals surface area contributed by atoms with Crippen LogP contribution < -0.4 is 5.43 Å². The summed E-state index contributed by atoms with van der Waals surface area (Å²) in [4.78, 5) is 0. The van der Waals surface area contributed by atoms with Crippen molar-refractivity contribution >= 4 is 0 Å². The predicted octanol–water partition coefficient (Wildman–Crippen LogP) is 0.668. The summed E-state index contributed by atoms with van der Waals surface area (Å²) >= 11 is 0. The third-order valence-electron chi connectivity index (χ3n) is 1.73. The zero-order valence-electron chi connectivity index (χ0n) is 5.91. The van der Waals surface area contributed by atoms with Gasteiger partial charge in [0, 0.05) is 6.20 Å². The molecule has 0 radical (unpaired) electrons. The number of hydrogen-bond donors (Lipinski definition) is 1. The van der Waals surface area contributed by atoms with Crippen molar-refractivity contribution < 1.29 is 0 Å². The molecule has 3 nitrogen and oxygen atoms in total. The quantitative estimate of drug-likeness (QED) is 0.544. The summed E-state index contributed by atoms with van der Waals surface area (Å²) in [6, 6.07) is 2.12. The molecule has 54 valence electrons. The molecule has 0 aromatic rings. The molecule has 0 saturated heterocycles. The van der Waals surface area contributed by atoms with Crippen LogP contribution in [0, 0.1) is 11.3 Å². The van der Waals surface area contributed by atoms with E-state index in [4.69, 9.17) is 5.26 Å². The summed E-state index contributed by atoms with van der Waals surface area (Å²) < 4.78 is 0. The fourth-order valence-electron chi connectivity index (χ4n) is 1.18. The molecule has 0 spiro atoms. The highest BCUT2D eigenvalue weighted by atomic mass is 15.5. The van der Waals surface area contributed by atoms with E-state index < -0.39 is 0 Å². The van der Waals surface area contributed by atoms with Gasteiger partial charge in [0.25, 0.3) is 0 Å². The second-order valence-corrected chi connectivity index (χ2v) is 2.39. The predicted molar refractivity (Wildman–Crippen MR) is 40.8 cm³/mol. The van der Waals surface area contributed by atoms with Gasteiger partial charge >= 0.3 is 0 Å². The molecule has 11 heavy (non-hydrogen) atoms. The van der Waals surface area contributed by atoms with Crippen molar-refractivity contribution in [2.24, 2.45) is 0 Å². The summed E-state index contributed by atoms with van der Waals surface area (Å²) in [6.07, 6.45) is 7.64. The minimum absolute atomic E-state index is 0.703. The summed E-state index contributed by atoms with van der Waals surface area (Å²) in [6.45, 7) is 0.827. The second kappa shape index (κ2) is 2.17. The lowest BCUT2D eigenvalue weighted by Gasteiger charge is -2.20. The Bertz CT molecular complexity index is 304. The van der Waals surface area contributed by atoms with Crippen molar-refractivity contribution in [2.45, 2.75) is 0 Å². The molecule has 3 heteroatoms. The third-order valence-corrected chi connectivity index (χ3v) is 1.73. The molecule has 0 aromatic carbocycles. The topological polar surface area (TPSA) is 39.1 Å². The molecular weight excluding hydrogens is 138 g/mol. The third kappa shape index (κ3) is 0.802. The summed E-state index contributed by atoms with van der Waals surface area (Å²) in [7, 11) is 0. The Kier molecular flexibility index (Phi) is 1.19. The van der Waals surface area contributed by atoms with E-state index in [1.165, 1.54) is 0 Å². The monoisotopic (exact) mass is 145 g/mol. The normalized spacial score (nSPS) is 19.7. The molecular formula is C8H7N3. The maximum atomic E-state index is 8.66. The van der Waals surface area contributed by atoms with Crippen molar-refractivity contribution in [1.82, 2.24) is 10.4 Å². The van der Waals surface area contributed by atoms with Gasteiger partial charge in [-0.3, -0.25) is 5.01 Å². The number of rotatable bonds is 0. The van der Waals surface area contributed by atoms with Crippen LogP contribution in [0.15, 0.2) is 35.7 Å². The first-order valence-electron chi connectivity index (χ1n) is 3.43. The fourth-order valence-corrected chi connectivity index (χ4v) is 1.18. The van der Waals surface area contributed by atoms with Crippen LogP contribution in [0.1, 0.15) is 0 Å². The number of hydrazine groups is 1. The van der Waals surface area contributed by atoms with Crippen molar-refractivity contribution in [2.75, 3.05) is 6.54 Å². The van der Waals surface area contributed by atoms with Crippen molar-refractivity contribution in [1.29, 1.82) is 5.26 Å². The van der Waals surface area contributed by atoms with Crippen molar-refractivity contribution in [3.63, 3.8) is 0 Å². The molecule has 0 aliphatic carbocycles. The molecule has 0 bridgehead atoms. The lowest BCUT2D eigenvalue weighted by atomic mass is 10.2. The smallest absolute Gasteiger partial charge is 0.103 e. The minimum Gasteiger partial charge on any atom is -0.304 e. The minimum atomic E-state index is 0.703. The van der Waals surface area contributed by atoms with Crippen molar-refractivity contribution in [3.8, 4) is 6.07 Å². The molecule has 0 aromatic heterocycles. The van der Waals surface area contributed by atoms with E-state index in [9.17, 15) is 0 Å². The van der Waals surface area contributed by atoms with Crippen LogP contribution in [0.25, 0.3) is 0 Å². The molecule has 2 rings (SSSR count). The van der Waals surface area contributed by atoms with Crippen LogP contribution in [0.2, 0.25) is 0 Å². The highest BCUT2D eigenvalue weighted by Crippen LogP contribution is 2.20. The molecule has 0 saturated carbocycles. The van der Waals surface area contributed by atoms with Crippen molar-refractivity contribution in [3.05, 3.63) is 35.7 Å².